The fourth-order valence-corrected chi connectivity index (χ4v) is 2.77. The molecular weight excluding hydrogens is 298 g/mol. The van der Waals surface area contributed by atoms with Gasteiger partial charge in [-0.2, -0.15) is 0 Å². The Labute approximate surface area is 132 Å². The molecular formula is C16H13N3O2S. The molecule has 6 heteroatoms. The summed E-state index contributed by atoms with van der Waals surface area (Å²) in [6.45, 7) is 0.665. The first-order chi connectivity index (χ1) is 10.7. The Balaban J connectivity index is 1.97. The lowest BCUT2D eigenvalue weighted by molar-refractivity contribution is 0.174. The number of rotatable bonds is 3. The second kappa shape index (κ2) is 4.99. The summed E-state index contributed by atoms with van der Waals surface area (Å²) in [6.07, 6.45) is 0. The van der Waals surface area contributed by atoms with E-state index in [-0.39, 0.29) is 6.79 Å². The third kappa shape index (κ3) is 2.08. The Bertz CT molecular complexity index is 874. The van der Waals surface area contributed by atoms with Crippen LogP contribution in [0.4, 0.5) is 0 Å². The molecule has 0 saturated carbocycles. The van der Waals surface area contributed by atoms with Crippen LogP contribution in [0.15, 0.2) is 42.5 Å². The van der Waals surface area contributed by atoms with Crippen molar-refractivity contribution in [3.8, 4) is 22.9 Å². The van der Waals surface area contributed by atoms with E-state index in [9.17, 15) is 0 Å². The molecule has 2 aromatic carbocycles. The monoisotopic (exact) mass is 311 g/mol. The van der Waals surface area contributed by atoms with Gasteiger partial charge in [0.2, 0.25) is 6.79 Å². The minimum absolute atomic E-state index is 0.239. The van der Waals surface area contributed by atoms with Crippen molar-refractivity contribution in [1.82, 2.24) is 9.55 Å². The predicted molar refractivity (Wildman–Crippen MR) is 88.1 cm³/mol. The van der Waals surface area contributed by atoms with Crippen LogP contribution in [0.5, 0.6) is 11.5 Å². The van der Waals surface area contributed by atoms with Gasteiger partial charge in [0.05, 0.1) is 22.6 Å². The van der Waals surface area contributed by atoms with Gasteiger partial charge < -0.3 is 19.8 Å². The van der Waals surface area contributed by atoms with Crippen molar-refractivity contribution in [3.05, 3.63) is 42.5 Å². The molecule has 0 bridgehead atoms. The van der Waals surface area contributed by atoms with E-state index in [0.717, 1.165) is 28.2 Å². The Morgan fingerprint density at radius 3 is 2.64 bits per heavy atom. The molecule has 3 aromatic rings. The summed E-state index contributed by atoms with van der Waals surface area (Å²) in [6, 6.07) is 13.8. The summed E-state index contributed by atoms with van der Waals surface area (Å²) < 4.78 is 12.9. The zero-order chi connectivity index (χ0) is 15.1. The number of fused-ring (bicyclic) bond motifs is 2. The quantitative estimate of drug-likeness (QED) is 0.754. The topological polar surface area (TPSA) is 62.3 Å². The smallest absolute Gasteiger partial charge is 0.231 e. The van der Waals surface area contributed by atoms with Crippen molar-refractivity contribution < 1.29 is 9.47 Å². The van der Waals surface area contributed by atoms with E-state index in [1.807, 2.05) is 47.0 Å². The summed E-state index contributed by atoms with van der Waals surface area (Å²) >= 11 is 5.09. The second-order valence-corrected chi connectivity index (χ2v) is 5.57. The number of hydrogen-bond acceptors (Lipinski definition) is 4. The Kier molecular flexibility index (Phi) is 2.97. The number of benzene rings is 2. The molecule has 0 fully saturated rings. The van der Waals surface area contributed by atoms with Gasteiger partial charge in [-0.3, -0.25) is 0 Å². The maximum Gasteiger partial charge on any atom is 0.231 e. The summed E-state index contributed by atoms with van der Waals surface area (Å²) in [4.78, 5) is 5.14. The van der Waals surface area contributed by atoms with Crippen LogP contribution in [0, 0.1) is 0 Å². The van der Waals surface area contributed by atoms with Gasteiger partial charge in [-0.05, 0) is 0 Å². The molecule has 0 aliphatic carbocycles. The SMILES string of the molecule is NC(=S)Cn1c(-c2ccccc2)nc2cc3c(cc21)OCO3. The molecule has 0 spiro atoms. The summed E-state index contributed by atoms with van der Waals surface area (Å²) in [5.74, 6) is 2.26. The van der Waals surface area contributed by atoms with E-state index < -0.39 is 0 Å². The minimum atomic E-state index is 0.239. The molecule has 2 N–H and O–H groups in total. The fourth-order valence-electron chi connectivity index (χ4n) is 2.64. The van der Waals surface area contributed by atoms with Gasteiger partial charge in [0.15, 0.2) is 11.5 Å². The molecule has 4 rings (SSSR count). The standard InChI is InChI=1S/C16H13N3O2S/c17-15(22)8-19-12-7-14-13(20-9-21-14)6-11(12)18-16(19)10-4-2-1-3-5-10/h1-7H,8-9H2,(H2,17,22). The lowest BCUT2D eigenvalue weighted by Crippen LogP contribution is -2.17. The van der Waals surface area contributed by atoms with Crippen molar-refractivity contribution in [2.24, 2.45) is 5.73 Å². The maximum atomic E-state index is 5.76. The lowest BCUT2D eigenvalue weighted by Gasteiger charge is -2.08. The van der Waals surface area contributed by atoms with Crippen LogP contribution in [0.2, 0.25) is 0 Å². The Morgan fingerprint density at radius 1 is 1.18 bits per heavy atom. The third-order valence-corrected chi connectivity index (χ3v) is 3.72. The van der Waals surface area contributed by atoms with Crippen molar-refractivity contribution in [2.75, 3.05) is 6.79 Å². The van der Waals surface area contributed by atoms with Crippen LogP contribution in [-0.2, 0) is 6.54 Å². The molecule has 1 aliphatic rings. The van der Waals surface area contributed by atoms with Crippen molar-refractivity contribution >= 4 is 28.2 Å². The number of hydrogen-bond donors (Lipinski definition) is 1. The van der Waals surface area contributed by atoms with Crippen molar-refractivity contribution in [3.63, 3.8) is 0 Å². The molecule has 2 heterocycles. The maximum absolute atomic E-state index is 5.76. The van der Waals surface area contributed by atoms with Crippen molar-refractivity contribution in [1.29, 1.82) is 0 Å². The van der Waals surface area contributed by atoms with Crippen LogP contribution in [0.3, 0.4) is 0 Å². The molecule has 1 aliphatic heterocycles. The van der Waals surface area contributed by atoms with E-state index in [0.29, 0.717) is 17.3 Å². The third-order valence-electron chi connectivity index (χ3n) is 3.59. The summed E-state index contributed by atoms with van der Waals surface area (Å²) in [7, 11) is 0. The van der Waals surface area contributed by atoms with Gasteiger partial charge in [0.1, 0.15) is 5.82 Å². The Hall–Kier alpha value is -2.60. The van der Waals surface area contributed by atoms with Gasteiger partial charge in [-0.15, -0.1) is 0 Å². The lowest BCUT2D eigenvalue weighted by atomic mass is 10.2. The fraction of sp³-hybridized carbons (Fsp3) is 0.125. The molecule has 0 unspecified atom stereocenters. The zero-order valence-corrected chi connectivity index (χ0v) is 12.5. The minimum Gasteiger partial charge on any atom is -0.454 e. The van der Waals surface area contributed by atoms with Crippen LogP contribution in [-0.4, -0.2) is 21.3 Å². The number of ether oxygens (including phenoxy) is 2. The highest BCUT2D eigenvalue weighted by atomic mass is 32.1. The number of nitrogens with zero attached hydrogens (tertiary/aromatic N) is 2. The van der Waals surface area contributed by atoms with E-state index in [1.165, 1.54) is 0 Å². The molecule has 22 heavy (non-hydrogen) atoms. The van der Waals surface area contributed by atoms with E-state index >= 15 is 0 Å². The van der Waals surface area contributed by atoms with Gasteiger partial charge in [-0.1, -0.05) is 42.5 Å². The number of imidazole rings is 1. The van der Waals surface area contributed by atoms with E-state index in [1.54, 1.807) is 0 Å². The first-order valence-electron chi connectivity index (χ1n) is 6.86. The van der Waals surface area contributed by atoms with Crippen LogP contribution < -0.4 is 15.2 Å². The molecule has 0 atom stereocenters. The number of nitrogens with two attached hydrogens (primary N) is 1. The van der Waals surface area contributed by atoms with Gasteiger partial charge in [-0.25, -0.2) is 4.98 Å². The van der Waals surface area contributed by atoms with Crippen LogP contribution in [0.25, 0.3) is 22.4 Å². The molecule has 110 valence electrons. The Morgan fingerprint density at radius 2 is 1.91 bits per heavy atom. The van der Waals surface area contributed by atoms with Crippen molar-refractivity contribution in [2.45, 2.75) is 6.54 Å². The van der Waals surface area contributed by atoms with Gasteiger partial charge in [0.25, 0.3) is 0 Å². The zero-order valence-electron chi connectivity index (χ0n) is 11.7. The molecule has 0 amide bonds. The number of aromatic nitrogens is 2. The number of thiocarbonyl (C=S) groups is 1. The molecule has 0 radical (unpaired) electrons. The summed E-state index contributed by atoms with van der Waals surface area (Å²) in [5.41, 5.74) is 8.53. The van der Waals surface area contributed by atoms with Crippen LogP contribution in [0.1, 0.15) is 0 Å². The normalized spacial score (nSPS) is 12.7. The average Bonchev–Trinajstić information content (AvgIpc) is 3.10. The molecule has 0 saturated heterocycles. The first-order valence-corrected chi connectivity index (χ1v) is 7.27. The summed E-state index contributed by atoms with van der Waals surface area (Å²) in [5, 5.41) is 0. The van der Waals surface area contributed by atoms with Gasteiger partial charge >= 0.3 is 0 Å². The first kappa shape index (κ1) is 13.1. The van der Waals surface area contributed by atoms with Gasteiger partial charge in [0, 0.05) is 17.7 Å². The predicted octanol–water partition coefficient (Wildman–Crippen LogP) is 2.72. The molecule has 1 aromatic heterocycles. The highest BCUT2D eigenvalue weighted by Gasteiger charge is 2.20. The highest BCUT2D eigenvalue weighted by Crippen LogP contribution is 2.37. The largest absolute Gasteiger partial charge is 0.454 e. The van der Waals surface area contributed by atoms with Crippen LogP contribution >= 0.6 is 12.2 Å². The van der Waals surface area contributed by atoms with E-state index in [2.05, 4.69) is 0 Å². The highest BCUT2D eigenvalue weighted by molar-refractivity contribution is 7.80. The second-order valence-electron chi connectivity index (χ2n) is 5.05. The van der Waals surface area contributed by atoms with E-state index in [4.69, 9.17) is 32.4 Å². The average molecular weight is 311 g/mol. The molecule has 5 nitrogen and oxygen atoms in total.